The van der Waals surface area contributed by atoms with Crippen molar-refractivity contribution < 1.29 is 22.7 Å². The molecule has 2 aromatic rings. The average molecular weight is 412 g/mol. The molecule has 0 unspecified atom stereocenters. The number of nitrogens with zero attached hydrogens (tertiary/aromatic N) is 2. The monoisotopic (exact) mass is 411 g/mol. The van der Waals surface area contributed by atoms with Gasteiger partial charge >= 0.3 is 0 Å². The van der Waals surface area contributed by atoms with Gasteiger partial charge in [-0.3, -0.25) is 4.79 Å². The highest BCUT2D eigenvalue weighted by Gasteiger charge is 2.26. The van der Waals surface area contributed by atoms with Crippen LogP contribution in [-0.4, -0.2) is 56.5 Å². The molecule has 0 spiro atoms. The van der Waals surface area contributed by atoms with Gasteiger partial charge in [0.15, 0.2) is 11.8 Å². The SMILES string of the molecule is O=C(COc1ccc(S(=O)(=O)N2CCOCC2)cc1)Nc1cccnc1Cl. The van der Waals surface area contributed by atoms with Crippen LogP contribution < -0.4 is 10.1 Å². The van der Waals surface area contributed by atoms with Crippen molar-refractivity contribution in [2.45, 2.75) is 4.90 Å². The van der Waals surface area contributed by atoms with E-state index in [4.69, 9.17) is 21.1 Å². The van der Waals surface area contributed by atoms with Gasteiger partial charge in [0.05, 0.1) is 23.8 Å². The van der Waals surface area contributed by atoms with E-state index in [0.29, 0.717) is 37.7 Å². The van der Waals surface area contributed by atoms with Gasteiger partial charge in [-0.2, -0.15) is 4.31 Å². The van der Waals surface area contributed by atoms with Crippen LogP contribution in [0, 0.1) is 0 Å². The Morgan fingerprint density at radius 1 is 1.22 bits per heavy atom. The number of sulfonamides is 1. The molecule has 0 saturated carbocycles. The minimum atomic E-state index is -3.56. The van der Waals surface area contributed by atoms with Crippen molar-refractivity contribution in [1.29, 1.82) is 0 Å². The van der Waals surface area contributed by atoms with Crippen LogP contribution in [0.25, 0.3) is 0 Å². The predicted molar refractivity (Wildman–Crippen MR) is 99.4 cm³/mol. The van der Waals surface area contributed by atoms with E-state index in [1.165, 1.54) is 34.8 Å². The molecule has 0 radical (unpaired) electrons. The molecule has 3 rings (SSSR count). The number of benzene rings is 1. The number of halogens is 1. The van der Waals surface area contributed by atoms with Gasteiger partial charge in [0.2, 0.25) is 10.0 Å². The number of carbonyl (C=O) groups is 1. The van der Waals surface area contributed by atoms with Crippen LogP contribution in [0.5, 0.6) is 5.75 Å². The molecule has 8 nitrogen and oxygen atoms in total. The maximum atomic E-state index is 12.5. The first-order valence-corrected chi connectivity index (χ1v) is 10.00. The first-order valence-electron chi connectivity index (χ1n) is 8.18. The van der Waals surface area contributed by atoms with Gasteiger partial charge < -0.3 is 14.8 Å². The largest absolute Gasteiger partial charge is 0.484 e. The van der Waals surface area contributed by atoms with Crippen LogP contribution >= 0.6 is 11.6 Å². The maximum absolute atomic E-state index is 12.5. The molecule has 1 aliphatic rings. The van der Waals surface area contributed by atoms with Crippen LogP contribution in [0.3, 0.4) is 0 Å². The summed E-state index contributed by atoms with van der Waals surface area (Å²) < 4.78 is 37.0. The molecule has 1 aromatic carbocycles. The molecular weight excluding hydrogens is 394 g/mol. The number of aromatic nitrogens is 1. The van der Waals surface area contributed by atoms with E-state index in [9.17, 15) is 13.2 Å². The molecule has 0 atom stereocenters. The Morgan fingerprint density at radius 3 is 2.59 bits per heavy atom. The summed E-state index contributed by atoms with van der Waals surface area (Å²) in [6.07, 6.45) is 1.51. The number of ether oxygens (including phenoxy) is 2. The second kappa shape index (κ2) is 8.66. The number of morpholine rings is 1. The summed E-state index contributed by atoms with van der Waals surface area (Å²) in [6.45, 7) is 1.18. The van der Waals surface area contributed by atoms with Crippen molar-refractivity contribution in [2.24, 2.45) is 0 Å². The van der Waals surface area contributed by atoms with Gasteiger partial charge in [0.25, 0.3) is 5.91 Å². The van der Waals surface area contributed by atoms with Gasteiger partial charge in [0.1, 0.15) is 5.75 Å². The molecule has 27 heavy (non-hydrogen) atoms. The van der Waals surface area contributed by atoms with Crippen molar-refractivity contribution in [3.8, 4) is 5.75 Å². The summed E-state index contributed by atoms with van der Waals surface area (Å²) >= 11 is 5.87. The van der Waals surface area contributed by atoms with E-state index in [-0.39, 0.29) is 16.7 Å². The van der Waals surface area contributed by atoms with Gasteiger partial charge in [-0.05, 0) is 36.4 Å². The fourth-order valence-electron chi connectivity index (χ4n) is 2.46. The Morgan fingerprint density at radius 2 is 1.93 bits per heavy atom. The molecule has 1 amide bonds. The summed E-state index contributed by atoms with van der Waals surface area (Å²) in [4.78, 5) is 16.0. The highest BCUT2D eigenvalue weighted by atomic mass is 35.5. The van der Waals surface area contributed by atoms with Crippen LogP contribution in [0.4, 0.5) is 5.69 Å². The van der Waals surface area contributed by atoms with Gasteiger partial charge in [-0.1, -0.05) is 11.6 Å². The van der Waals surface area contributed by atoms with Crippen LogP contribution in [0.2, 0.25) is 5.15 Å². The number of carbonyl (C=O) groups excluding carboxylic acids is 1. The topological polar surface area (TPSA) is 97.8 Å². The van der Waals surface area contributed by atoms with Crippen molar-refractivity contribution in [3.05, 3.63) is 47.7 Å². The second-order valence-electron chi connectivity index (χ2n) is 5.67. The van der Waals surface area contributed by atoms with Crippen molar-refractivity contribution >= 4 is 33.2 Å². The summed E-state index contributed by atoms with van der Waals surface area (Å²) in [5.74, 6) is -0.0294. The van der Waals surface area contributed by atoms with Gasteiger partial charge in [-0.15, -0.1) is 0 Å². The Kier molecular flexibility index (Phi) is 6.27. The first kappa shape index (κ1) is 19.6. The molecule has 0 aliphatic carbocycles. The zero-order valence-corrected chi connectivity index (χ0v) is 15.9. The molecule has 10 heteroatoms. The third-order valence-electron chi connectivity index (χ3n) is 3.83. The third kappa shape index (κ3) is 4.95. The molecule has 1 saturated heterocycles. The molecule has 1 aromatic heterocycles. The molecule has 1 fully saturated rings. The standard InChI is InChI=1S/C17H18ClN3O5S/c18-17-15(2-1-7-19-17)20-16(22)12-26-13-3-5-14(6-4-13)27(23,24)21-8-10-25-11-9-21/h1-7H,8-12H2,(H,20,22). The average Bonchev–Trinajstić information content (AvgIpc) is 2.69. The minimum absolute atomic E-state index is 0.170. The van der Waals surface area contributed by atoms with E-state index < -0.39 is 15.9 Å². The van der Waals surface area contributed by atoms with E-state index in [1.807, 2.05) is 0 Å². The Balaban J connectivity index is 1.57. The first-order chi connectivity index (χ1) is 13.0. The lowest BCUT2D eigenvalue weighted by atomic mass is 10.3. The maximum Gasteiger partial charge on any atom is 0.262 e. The number of nitrogens with one attached hydrogen (secondary N) is 1. The summed E-state index contributed by atoms with van der Waals surface area (Å²) in [5.41, 5.74) is 0.389. The van der Waals surface area contributed by atoms with Crippen molar-refractivity contribution in [3.63, 3.8) is 0 Å². The predicted octanol–water partition coefficient (Wildman–Crippen LogP) is 1.77. The third-order valence-corrected chi connectivity index (χ3v) is 6.05. The van der Waals surface area contributed by atoms with E-state index in [1.54, 1.807) is 12.1 Å². The normalized spacial score (nSPS) is 15.3. The quantitative estimate of drug-likeness (QED) is 0.727. The molecule has 1 N–H and O–H groups in total. The number of anilines is 1. The van der Waals surface area contributed by atoms with E-state index >= 15 is 0 Å². The lowest BCUT2D eigenvalue weighted by Crippen LogP contribution is -2.40. The lowest BCUT2D eigenvalue weighted by Gasteiger charge is -2.26. The van der Waals surface area contributed by atoms with E-state index in [2.05, 4.69) is 10.3 Å². The Bertz CT molecular complexity index is 899. The molecule has 2 heterocycles. The summed E-state index contributed by atoms with van der Waals surface area (Å²) in [7, 11) is -3.56. The van der Waals surface area contributed by atoms with Gasteiger partial charge in [0, 0.05) is 19.3 Å². The minimum Gasteiger partial charge on any atom is -0.484 e. The highest BCUT2D eigenvalue weighted by Crippen LogP contribution is 2.21. The smallest absolute Gasteiger partial charge is 0.262 e. The van der Waals surface area contributed by atoms with Crippen molar-refractivity contribution in [2.75, 3.05) is 38.2 Å². The molecule has 1 aliphatic heterocycles. The molecule has 0 bridgehead atoms. The van der Waals surface area contributed by atoms with Crippen molar-refractivity contribution in [1.82, 2.24) is 9.29 Å². The number of hydrogen-bond acceptors (Lipinski definition) is 6. The molecular formula is C17H18ClN3O5S. The fourth-order valence-corrected chi connectivity index (χ4v) is 4.03. The zero-order chi connectivity index (χ0) is 19.3. The van der Waals surface area contributed by atoms with E-state index in [0.717, 1.165) is 0 Å². The van der Waals surface area contributed by atoms with Crippen LogP contribution in [0.15, 0.2) is 47.5 Å². The fraction of sp³-hybridized carbons (Fsp3) is 0.294. The van der Waals surface area contributed by atoms with Crippen LogP contribution in [-0.2, 0) is 19.6 Å². The number of rotatable bonds is 6. The summed E-state index contributed by atoms with van der Waals surface area (Å²) in [6, 6.07) is 9.20. The second-order valence-corrected chi connectivity index (χ2v) is 7.96. The Hall–Kier alpha value is -2.20. The van der Waals surface area contributed by atoms with Gasteiger partial charge in [-0.25, -0.2) is 13.4 Å². The highest BCUT2D eigenvalue weighted by molar-refractivity contribution is 7.89. The number of amides is 1. The lowest BCUT2D eigenvalue weighted by molar-refractivity contribution is -0.118. The zero-order valence-electron chi connectivity index (χ0n) is 14.3. The van der Waals surface area contributed by atoms with Crippen LogP contribution in [0.1, 0.15) is 0 Å². The number of hydrogen-bond donors (Lipinski definition) is 1. The summed E-state index contributed by atoms with van der Waals surface area (Å²) in [5, 5.41) is 2.77. The number of pyridine rings is 1. The Labute approximate surface area is 162 Å². The molecule has 144 valence electrons.